The van der Waals surface area contributed by atoms with Gasteiger partial charge in [0.15, 0.2) is 27.8 Å². The molecule has 0 fully saturated rings. The first-order chi connectivity index (χ1) is 22.6. The van der Waals surface area contributed by atoms with Gasteiger partial charge in [-0.05, 0) is 84.2 Å². The molecule has 13 heteroatoms. The number of rotatable bonds is 11. The van der Waals surface area contributed by atoms with Gasteiger partial charge in [-0.25, -0.2) is 9.79 Å². The largest absolute Gasteiger partial charge is 0.493 e. The van der Waals surface area contributed by atoms with Crippen molar-refractivity contribution < 1.29 is 28.5 Å². The first-order valence-electron chi connectivity index (χ1n) is 14.5. The summed E-state index contributed by atoms with van der Waals surface area (Å²) in [6, 6.07) is 13.7. The SMILES string of the molecule is CCOC(=O)C1=C(C)N=c2s/c(=C/c3cc(Br)c(OCc4ccccc4Cl)c(OC)c3)c(=O)n2[C@H]1c1cc(OC)c(OCC)cc1Br. The number of allylic oxidation sites excluding steroid dienone is 1. The quantitative estimate of drug-likeness (QED) is 0.151. The summed E-state index contributed by atoms with van der Waals surface area (Å²) in [4.78, 5) is 32.7. The van der Waals surface area contributed by atoms with Crippen LogP contribution in [0.5, 0.6) is 23.0 Å². The van der Waals surface area contributed by atoms with Crippen molar-refractivity contribution in [3.05, 3.63) is 110 Å². The molecule has 0 saturated heterocycles. The number of ether oxygens (including phenoxy) is 5. The number of thiazole rings is 1. The average molecular weight is 807 g/mol. The molecule has 3 aromatic carbocycles. The molecule has 1 aliphatic heterocycles. The average Bonchev–Trinajstić information content (AvgIpc) is 3.34. The summed E-state index contributed by atoms with van der Waals surface area (Å²) in [6.07, 6.45) is 1.75. The number of aromatic nitrogens is 1. The first-order valence-corrected chi connectivity index (χ1v) is 17.3. The molecule has 246 valence electrons. The summed E-state index contributed by atoms with van der Waals surface area (Å²) in [5, 5.41) is 0.602. The maximum absolute atomic E-state index is 14.2. The molecule has 1 atom stereocenters. The molecule has 0 amide bonds. The standard InChI is InChI=1S/C34H31Br2ClN2O7S/c1-6-44-26-16-22(35)21(15-25(26)42-4)30-29(33(41)45-7-2)18(3)38-34-39(30)32(40)28(47-34)14-19-12-23(36)31(27(13-19)43-5)46-17-20-10-8-9-11-24(20)37/h8-16,30H,6-7,17H2,1-5H3/b28-14+/t30-/m0/s1. The number of carbonyl (C=O) groups excluding carboxylic acids is 1. The van der Waals surface area contributed by atoms with E-state index in [1.54, 1.807) is 51.3 Å². The van der Waals surface area contributed by atoms with E-state index in [1.807, 2.05) is 31.2 Å². The van der Waals surface area contributed by atoms with Gasteiger partial charge in [0, 0.05) is 15.1 Å². The van der Waals surface area contributed by atoms with E-state index in [-0.39, 0.29) is 24.3 Å². The Balaban J connectivity index is 1.63. The van der Waals surface area contributed by atoms with E-state index in [4.69, 9.17) is 35.3 Å². The lowest BCUT2D eigenvalue weighted by Crippen LogP contribution is -2.40. The third kappa shape index (κ3) is 7.15. The van der Waals surface area contributed by atoms with Gasteiger partial charge in [0.05, 0.1) is 53.8 Å². The third-order valence-corrected chi connectivity index (χ3v) is 9.90. The van der Waals surface area contributed by atoms with Gasteiger partial charge in [-0.1, -0.05) is 57.1 Å². The number of carbonyl (C=O) groups is 1. The molecule has 4 aromatic rings. The predicted octanol–water partition coefficient (Wildman–Crippen LogP) is 6.97. The number of fused-ring (bicyclic) bond motifs is 1. The van der Waals surface area contributed by atoms with Crippen molar-refractivity contribution in [1.29, 1.82) is 0 Å². The summed E-state index contributed by atoms with van der Waals surface area (Å²) in [5.41, 5.74) is 2.50. The second kappa shape index (κ2) is 15.1. The smallest absolute Gasteiger partial charge is 0.338 e. The van der Waals surface area contributed by atoms with E-state index in [1.165, 1.54) is 23.0 Å². The van der Waals surface area contributed by atoms with Crippen LogP contribution in [0, 0.1) is 0 Å². The Kier molecular flexibility index (Phi) is 11.2. The minimum Gasteiger partial charge on any atom is -0.493 e. The highest BCUT2D eigenvalue weighted by Gasteiger charge is 2.35. The molecule has 0 N–H and O–H groups in total. The Morgan fingerprint density at radius 3 is 2.43 bits per heavy atom. The first kappa shape index (κ1) is 34.7. The summed E-state index contributed by atoms with van der Waals surface area (Å²) in [5.74, 6) is 1.38. The maximum Gasteiger partial charge on any atom is 0.338 e. The van der Waals surface area contributed by atoms with Crippen LogP contribution >= 0.6 is 54.8 Å². The lowest BCUT2D eigenvalue weighted by Gasteiger charge is -2.26. The Morgan fingerprint density at radius 2 is 1.74 bits per heavy atom. The van der Waals surface area contributed by atoms with Crippen LogP contribution in [0.4, 0.5) is 0 Å². The van der Waals surface area contributed by atoms with Crippen molar-refractivity contribution in [3.8, 4) is 23.0 Å². The Bertz CT molecular complexity index is 2060. The van der Waals surface area contributed by atoms with E-state index >= 15 is 0 Å². The van der Waals surface area contributed by atoms with E-state index < -0.39 is 12.0 Å². The zero-order chi connectivity index (χ0) is 33.8. The second-order valence-corrected chi connectivity index (χ2v) is 13.3. The fourth-order valence-corrected chi connectivity index (χ4v) is 7.50. The van der Waals surface area contributed by atoms with Crippen molar-refractivity contribution in [2.24, 2.45) is 4.99 Å². The number of hydrogen-bond acceptors (Lipinski definition) is 9. The Morgan fingerprint density at radius 1 is 1.00 bits per heavy atom. The van der Waals surface area contributed by atoms with Crippen LogP contribution in [0.25, 0.3) is 6.08 Å². The van der Waals surface area contributed by atoms with Crippen LogP contribution in [0.1, 0.15) is 43.5 Å². The number of nitrogens with zero attached hydrogens (tertiary/aromatic N) is 2. The van der Waals surface area contributed by atoms with Crippen molar-refractivity contribution in [2.45, 2.75) is 33.4 Å². The van der Waals surface area contributed by atoms with Gasteiger partial charge in [0.25, 0.3) is 5.56 Å². The lowest BCUT2D eigenvalue weighted by molar-refractivity contribution is -0.139. The van der Waals surface area contributed by atoms with Gasteiger partial charge in [-0.3, -0.25) is 9.36 Å². The molecule has 9 nitrogen and oxygen atoms in total. The summed E-state index contributed by atoms with van der Waals surface area (Å²) < 4.78 is 31.7. The molecular weight excluding hydrogens is 776 g/mol. The molecule has 47 heavy (non-hydrogen) atoms. The van der Waals surface area contributed by atoms with Gasteiger partial charge in [0.1, 0.15) is 6.61 Å². The van der Waals surface area contributed by atoms with Gasteiger partial charge in [-0.15, -0.1) is 0 Å². The van der Waals surface area contributed by atoms with Gasteiger partial charge >= 0.3 is 5.97 Å². The van der Waals surface area contributed by atoms with Crippen LogP contribution in [0.2, 0.25) is 5.02 Å². The van der Waals surface area contributed by atoms with Crippen molar-refractivity contribution >= 4 is 66.8 Å². The predicted molar refractivity (Wildman–Crippen MR) is 189 cm³/mol. The number of hydrogen-bond donors (Lipinski definition) is 0. The number of esters is 1. The Labute approximate surface area is 297 Å². The highest BCUT2D eigenvalue weighted by Crippen LogP contribution is 2.41. The monoisotopic (exact) mass is 804 g/mol. The number of halogens is 3. The molecule has 1 aromatic heterocycles. The maximum atomic E-state index is 14.2. The number of benzene rings is 3. The van der Waals surface area contributed by atoms with Crippen LogP contribution in [0.15, 0.2) is 78.5 Å². The van der Waals surface area contributed by atoms with Gasteiger partial charge in [0.2, 0.25) is 0 Å². The fourth-order valence-electron chi connectivity index (χ4n) is 5.15. The van der Waals surface area contributed by atoms with E-state index in [2.05, 4.69) is 36.9 Å². The van der Waals surface area contributed by atoms with Gasteiger partial charge in [-0.2, -0.15) is 0 Å². The van der Waals surface area contributed by atoms with Gasteiger partial charge < -0.3 is 23.7 Å². The molecule has 0 saturated carbocycles. The minimum absolute atomic E-state index is 0.162. The molecule has 5 rings (SSSR count). The topological polar surface area (TPSA) is 97.6 Å². The molecule has 0 aliphatic carbocycles. The highest BCUT2D eigenvalue weighted by molar-refractivity contribution is 9.10. The Hall–Kier alpha value is -3.58. The van der Waals surface area contributed by atoms with E-state index in [9.17, 15) is 9.59 Å². The molecular formula is C34H31Br2ClN2O7S. The van der Waals surface area contributed by atoms with E-state index in [0.717, 1.165) is 5.56 Å². The van der Waals surface area contributed by atoms with Crippen molar-refractivity contribution in [2.75, 3.05) is 27.4 Å². The van der Waals surface area contributed by atoms with Crippen LogP contribution in [0.3, 0.4) is 0 Å². The summed E-state index contributed by atoms with van der Waals surface area (Å²) in [6.45, 7) is 6.17. The lowest BCUT2D eigenvalue weighted by atomic mass is 9.95. The van der Waals surface area contributed by atoms with Crippen molar-refractivity contribution in [1.82, 2.24) is 4.57 Å². The van der Waals surface area contributed by atoms with E-state index in [0.29, 0.717) is 69.7 Å². The number of methoxy groups -OCH3 is 2. The van der Waals surface area contributed by atoms with Crippen LogP contribution in [-0.4, -0.2) is 38.0 Å². The minimum atomic E-state index is -0.853. The third-order valence-electron chi connectivity index (χ3n) is 7.27. The summed E-state index contributed by atoms with van der Waals surface area (Å²) in [7, 11) is 3.08. The van der Waals surface area contributed by atoms with Crippen molar-refractivity contribution in [3.63, 3.8) is 0 Å². The molecule has 0 radical (unpaired) electrons. The molecule has 0 spiro atoms. The van der Waals surface area contributed by atoms with Crippen LogP contribution in [-0.2, 0) is 16.1 Å². The summed E-state index contributed by atoms with van der Waals surface area (Å²) >= 11 is 14.8. The second-order valence-electron chi connectivity index (χ2n) is 10.2. The molecule has 0 bridgehead atoms. The molecule has 2 heterocycles. The van der Waals surface area contributed by atoms with Crippen LogP contribution < -0.4 is 33.8 Å². The zero-order valence-corrected chi connectivity index (χ0v) is 30.9. The zero-order valence-electron chi connectivity index (χ0n) is 26.2. The normalized spacial score (nSPS) is 14.4. The fraction of sp³-hybridized carbons (Fsp3) is 0.265. The highest BCUT2D eigenvalue weighted by atomic mass is 79.9. The molecule has 0 unspecified atom stereocenters. The molecule has 1 aliphatic rings.